The molecule has 29 heavy (non-hydrogen) atoms. The van der Waals surface area contributed by atoms with Gasteiger partial charge in [0.1, 0.15) is 0 Å². The number of hydrogen-bond donors (Lipinski definition) is 2. The largest absolute Gasteiger partial charge is 0.494 e. The van der Waals surface area contributed by atoms with Gasteiger partial charge < -0.3 is 10.1 Å². The summed E-state index contributed by atoms with van der Waals surface area (Å²) in [4.78, 5) is 7.12. The Morgan fingerprint density at radius 2 is 1.93 bits per heavy atom. The van der Waals surface area contributed by atoms with Crippen LogP contribution in [0, 0.1) is 0 Å². The first-order valence-corrected chi connectivity index (χ1v) is 9.83. The van der Waals surface area contributed by atoms with Crippen LogP contribution >= 0.6 is 15.9 Å². The van der Waals surface area contributed by atoms with E-state index in [1.54, 1.807) is 12.4 Å². The molecule has 0 radical (unpaired) electrons. The van der Waals surface area contributed by atoms with Gasteiger partial charge >= 0.3 is 0 Å². The number of hydrogen-bond acceptors (Lipinski definition) is 4. The molecule has 0 spiro atoms. The number of azo groups is 1. The lowest BCUT2D eigenvalue weighted by molar-refractivity contribution is 0.457. The number of fused-ring (bicyclic) bond motifs is 2. The molecular weight excluding hydrogens is 428 g/mol. The van der Waals surface area contributed by atoms with E-state index in [4.69, 9.17) is 0 Å². The van der Waals surface area contributed by atoms with Crippen molar-refractivity contribution >= 4 is 50.4 Å². The van der Waals surface area contributed by atoms with Gasteiger partial charge in [-0.1, -0.05) is 34.1 Å². The molecule has 5 rings (SSSR count). The molecule has 2 N–H and O–H groups in total. The van der Waals surface area contributed by atoms with Gasteiger partial charge in [0.05, 0.1) is 11.4 Å². The summed E-state index contributed by atoms with van der Waals surface area (Å²) < 4.78 is 0.959. The van der Waals surface area contributed by atoms with Gasteiger partial charge in [0.2, 0.25) is 0 Å². The maximum Gasteiger partial charge on any atom is 0.196 e. The fourth-order valence-corrected chi connectivity index (χ4v) is 3.72. The van der Waals surface area contributed by atoms with Gasteiger partial charge in [-0.2, -0.15) is 0 Å². The van der Waals surface area contributed by atoms with Crippen molar-refractivity contribution in [3.8, 4) is 5.88 Å². The van der Waals surface area contributed by atoms with Crippen LogP contribution in [0.3, 0.4) is 0 Å². The highest BCUT2D eigenvalue weighted by molar-refractivity contribution is 9.10. The standard InChI is InChI=1S/C23H15BrN4O/c24-16-5-8-20-18(12-16)19(23(29)26-20)10-15-3-6-17-21(27-28-22(17)11-15)7-4-14-2-1-9-25-13-14/h1-13,26,29H/b7-4+,15-10?. The zero-order chi connectivity index (χ0) is 19.8. The number of nitrogens with one attached hydrogen (secondary N) is 1. The van der Waals surface area contributed by atoms with E-state index in [0.29, 0.717) is 0 Å². The van der Waals surface area contributed by atoms with E-state index < -0.39 is 0 Å². The van der Waals surface area contributed by atoms with E-state index in [-0.39, 0.29) is 5.88 Å². The number of pyridine rings is 1. The lowest BCUT2D eigenvalue weighted by Crippen LogP contribution is -2.08. The smallest absolute Gasteiger partial charge is 0.196 e. The molecule has 0 atom stereocenters. The minimum atomic E-state index is 0.145. The zero-order valence-electron chi connectivity index (χ0n) is 15.2. The molecule has 1 aliphatic heterocycles. The molecule has 2 aromatic heterocycles. The summed E-state index contributed by atoms with van der Waals surface area (Å²) in [5.74, 6) is 0.145. The van der Waals surface area contributed by atoms with Gasteiger partial charge in [0.25, 0.3) is 0 Å². The van der Waals surface area contributed by atoms with E-state index in [2.05, 4.69) is 36.1 Å². The van der Waals surface area contributed by atoms with Crippen molar-refractivity contribution in [2.45, 2.75) is 0 Å². The van der Waals surface area contributed by atoms with Crippen LogP contribution < -0.4 is 10.4 Å². The first-order chi connectivity index (χ1) is 14.2. The number of rotatable bonds is 3. The highest BCUT2D eigenvalue weighted by atomic mass is 79.9. The van der Waals surface area contributed by atoms with Crippen molar-refractivity contribution in [3.05, 3.63) is 93.0 Å². The average molecular weight is 443 g/mol. The predicted octanol–water partition coefficient (Wildman–Crippen LogP) is 4.78. The minimum absolute atomic E-state index is 0.145. The summed E-state index contributed by atoms with van der Waals surface area (Å²) in [6.45, 7) is 0. The van der Waals surface area contributed by atoms with Crippen molar-refractivity contribution in [1.82, 2.24) is 9.97 Å². The van der Waals surface area contributed by atoms with Gasteiger partial charge in [0.15, 0.2) is 5.88 Å². The van der Waals surface area contributed by atoms with Crippen LogP contribution in [-0.4, -0.2) is 15.1 Å². The van der Waals surface area contributed by atoms with Crippen molar-refractivity contribution in [2.75, 3.05) is 0 Å². The third-order valence-electron chi connectivity index (χ3n) is 4.77. The van der Waals surface area contributed by atoms with E-state index in [0.717, 1.165) is 48.3 Å². The predicted molar refractivity (Wildman–Crippen MR) is 118 cm³/mol. The topological polar surface area (TPSA) is 73.6 Å². The molecule has 1 aliphatic rings. The Bertz CT molecular complexity index is 1420. The molecule has 5 nitrogen and oxygen atoms in total. The third-order valence-corrected chi connectivity index (χ3v) is 5.27. The Hall–Kier alpha value is -3.51. The second kappa shape index (κ2) is 7.14. The molecule has 2 aromatic carbocycles. The SMILES string of the molecule is Oc1[nH]c2ccc(Br)cc2c1C=c1ccc2c(c1)N=NC=2/C=C/c1cccnc1. The molecule has 140 valence electrons. The Balaban J connectivity index is 1.57. The van der Waals surface area contributed by atoms with Gasteiger partial charge in [-0.25, -0.2) is 0 Å². The molecule has 0 fully saturated rings. The van der Waals surface area contributed by atoms with Crippen LogP contribution in [0.5, 0.6) is 5.88 Å². The van der Waals surface area contributed by atoms with Crippen LogP contribution in [-0.2, 0) is 0 Å². The second-order valence-corrected chi connectivity index (χ2v) is 7.62. The molecule has 0 unspecified atom stereocenters. The molecule has 3 heterocycles. The van der Waals surface area contributed by atoms with Crippen molar-refractivity contribution in [2.24, 2.45) is 10.2 Å². The van der Waals surface area contributed by atoms with Crippen molar-refractivity contribution in [3.63, 3.8) is 0 Å². The number of halogens is 1. The highest BCUT2D eigenvalue weighted by Crippen LogP contribution is 2.30. The summed E-state index contributed by atoms with van der Waals surface area (Å²) >= 11 is 3.49. The molecule has 0 bridgehead atoms. The van der Waals surface area contributed by atoms with Crippen LogP contribution in [0.2, 0.25) is 0 Å². The van der Waals surface area contributed by atoms with Gasteiger partial charge in [0, 0.05) is 38.6 Å². The molecule has 0 saturated carbocycles. The first kappa shape index (κ1) is 17.6. The number of aromatic hydroxyl groups is 1. The number of aromatic amines is 1. The van der Waals surface area contributed by atoms with E-state index in [9.17, 15) is 5.11 Å². The summed E-state index contributed by atoms with van der Waals surface area (Å²) in [6.07, 6.45) is 9.41. The Labute approximate surface area is 174 Å². The zero-order valence-corrected chi connectivity index (χ0v) is 16.8. The minimum Gasteiger partial charge on any atom is -0.494 e. The van der Waals surface area contributed by atoms with Gasteiger partial charge in [-0.05, 0) is 59.3 Å². The number of aromatic nitrogens is 2. The summed E-state index contributed by atoms with van der Waals surface area (Å²) in [7, 11) is 0. The lowest BCUT2D eigenvalue weighted by atomic mass is 10.1. The number of nitrogens with zero attached hydrogens (tertiary/aromatic N) is 3. The molecule has 0 amide bonds. The van der Waals surface area contributed by atoms with Gasteiger partial charge in [-0.3, -0.25) is 4.98 Å². The maximum atomic E-state index is 10.3. The van der Waals surface area contributed by atoms with E-state index in [1.807, 2.05) is 66.8 Å². The molecule has 6 heteroatoms. The third kappa shape index (κ3) is 3.39. The van der Waals surface area contributed by atoms with Gasteiger partial charge in [-0.15, -0.1) is 10.2 Å². The average Bonchev–Trinajstić information content (AvgIpc) is 3.28. The number of H-pyrrole nitrogens is 1. The van der Waals surface area contributed by atoms with Crippen LogP contribution in [0.15, 0.2) is 81.7 Å². The molecule has 4 aromatic rings. The molecule has 0 aliphatic carbocycles. The van der Waals surface area contributed by atoms with Crippen LogP contribution in [0.4, 0.5) is 5.69 Å². The van der Waals surface area contributed by atoms with Crippen LogP contribution in [0.1, 0.15) is 11.1 Å². The maximum absolute atomic E-state index is 10.3. The first-order valence-electron chi connectivity index (χ1n) is 9.03. The molecule has 0 saturated heterocycles. The van der Waals surface area contributed by atoms with Crippen molar-refractivity contribution in [1.29, 1.82) is 0 Å². The molecular formula is C23H15BrN4O. The summed E-state index contributed by atoms with van der Waals surface area (Å²) in [6, 6.07) is 15.7. The quantitative estimate of drug-likeness (QED) is 0.479. The monoisotopic (exact) mass is 442 g/mol. The van der Waals surface area contributed by atoms with E-state index >= 15 is 0 Å². The van der Waals surface area contributed by atoms with Crippen molar-refractivity contribution < 1.29 is 5.11 Å². The Morgan fingerprint density at radius 1 is 1.00 bits per heavy atom. The second-order valence-electron chi connectivity index (χ2n) is 6.70. The Kier molecular flexibility index (Phi) is 4.33. The number of benzene rings is 2. The van der Waals surface area contributed by atoms with Crippen LogP contribution in [0.25, 0.3) is 28.8 Å². The summed E-state index contributed by atoms with van der Waals surface area (Å²) in [5, 5.41) is 21.8. The lowest BCUT2D eigenvalue weighted by Gasteiger charge is -1.96. The normalized spacial score (nSPS) is 13.7. The Morgan fingerprint density at radius 3 is 2.79 bits per heavy atom. The fourth-order valence-electron chi connectivity index (χ4n) is 3.36. The van der Waals surface area contributed by atoms with E-state index in [1.165, 1.54) is 0 Å². The summed E-state index contributed by atoms with van der Waals surface area (Å²) in [5.41, 5.74) is 4.26. The highest BCUT2D eigenvalue weighted by Gasteiger charge is 2.10. The fraction of sp³-hybridized carbons (Fsp3) is 0.